The van der Waals surface area contributed by atoms with E-state index in [4.69, 9.17) is 4.74 Å². The van der Waals surface area contributed by atoms with Crippen LogP contribution in [-0.4, -0.2) is 34.4 Å². The lowest BCUT2D eigenvalue weighted by molar-refractivity contribution is -0.186. The van der Waals surface area contributed by atoms with Gasteiger partial charge in [-0.2, -0.15) is 0 Å². The maximum Gasteiger partial charge on any atom is 0.255 e. The van der Waals surface area contributed by atoms with Crippen LogP contribution in [0.5, 0.6) is 5.75 Å². The Balaban J connectivity index is 1.36. The van der Waals surface area contributed by atoms with E-state index in [-0.39, 0.29) is 29.9 Å². The molecule has 3 heterocycles. The molecule has 1 aliphatic heterocycles. The van der Waals surface area contributed by atoms with Gasteiger partial charge >= 0.3 is 0 Å². The third-order valence-corrected chi connectivity index (χ3v) is 8.38. The zero-order chi connectivity index (χ0) is 25.8. The highest BCUT2D eigenvalue weighted by Crippen LogP contribution is 2.60. The number of benzene rings is 2. The molecule has 1 atom stereocenters. The van der Waals surface area contributed by atoms with Crippen LogP contribution in [0.1, 0.15) is 48.4 Å². The number of rotatable bonds is 5. The zero-order valence-corrected chi connectivity index (χ0v) is 21.1. The Labute approximate surface area is 214 Å². The molecule has 2 N–H and O–H groups in total. The first-order chi connectivity index (χ1) is 17.8. The highest BCUT2D eigenvalue weighted by Gasteiger charge is 2.58. The largest absolute Gasteiger partial charge is 0.496 e. The summed E-state index contributed by atoms with van der Waals surface area (Å²) in [7, 11) is 1.69. The van der Waals surface area contributed by atoms with E-state index in [1.807, 2.05) is 36.5 Å². The molecule has 1 spiro atoms. The summed E-state index contributed by atoms with van der Waals surface area (Å²) in [5.74, 6) is -1.71. The van der Waals surface area contributed by atoms with Crippen LogP contribution in [0.4, 0.5) is 8.78 Å². The van der Waals surface area contributed by atoms with Crippen molar-refractivity contribution >= 4 is 10.9 Å². The van der Waals surface area contributed by atoms with Crippen LogP contribution in [0, 0.1) is 12.3 Å². The van der Waals surface area contributed by atoms with Gasteiger partial charge in [0, 0.05) is 59.9 Å². The Kier molecular flexibility index (Phi) is 5.71. The highest BCUT2D eigenvalue weighted by atomic mass is 19.3. The molecule has 7 heteroatoms. The van der Waals surface area contributed by atoms with E-state index in [9.17, 15) is 13.6 Å². The lowest BCUT2D eigenvalue weighted by Gasteiger charge is -2.54. The van der Waals surface area contributed by atoms with Crippen LogP contribution in [-0.2, 0) is 6.54 Å². The second-order valence-electron chi connectivity index (χ2n) is 10.8. The molecule has 5 nitrogen and oxygen atoms in total. The minimum Gasteiger partial charge on any atom is -0.496 e. The van der Waals surface area contributed by atoms with Gasteiger partial charge in [0.15, 0.2) is 0 Å². The predicted octanol–water partition coefficient (Wildman–Crippen LogP) is 6.59. The van der Waals surface area contributed by atoms with Crippen LogP contribution in [0.25, 0.3) is 22.0 Å². The van der Waals surface area contributed by atoms with E-state index in [2.05, 4.69) is 33.9 Å². The first-order valence-electron chi connectivity index (χ1n) is 12.8. The van der Waals surface area contributed by atoms with E-state index in [1.165, 1.54) is 0 Å². The fourth-order valence-electron chi connectivity index (χ4n) is 6.58. The molecule has 37 heavy (non-hydrogen) atoms. The zero-order valence-electron chi connectivity index (χ0n) is 21.1. The van der Waals surface area contributed by atoms with Gasteiger partial charge in [-0.3, -0.25) is 9.69 Å². The SMILES string of the molecule is COc1cc(C)c2[nH]ccc2c1CN1CCC2(C[C@H]1c1ccc(-c3ccc[nH]c3=O)cc1)CC(F)(F)C2. The van der Waals surface area contributed by atoms with Crippen molar-refractivity contribution < 1.29 is 13.5 Å². The summed E-state index contributed by atoms with van der Waals surface area (Å²) in [5, 5.41) is 1.13. The summed E-state index contributed by atoms with van der Waals surface area (Å²) in [6.45, 7) is 3.47. The minimum absolute atomic E-state index is 0.00652. The summed E-state index contributed by atoms with van der Waals surface area (Å²) >= 11 is 0. The van der Waals surface area contributed by atoms with Crippen LogP contribution in [0.3, 0.4) is 0 Å². The highest BCUT2D eigenvalue weighted by molar-refractivity contribution is 5.88. The van der Waals surface area contributed by atoms with E-state index in [0.29, 0.717) is 18.5 Å². The maximum absolute atomic E-state index is 14.0. The minimum atomic E-state index is -2.55. The van der Waals surface area contributed by atoms with Crippen molar-refractivity contribution in [3.8, 4) is 16.9 Å². The molecule has 1 saturated carbocycles. The normalized spacial score (nSPS) is 20.7. The second kappa shape index (κ2) is 8.84. The van der Waals surface area contributed by atoms with Crippen LogP contribution >= 0.6 is 0 Å². The summed E-state index contributed by atoms with van der Waals surface area (Å²) in [4.78, 5) is 20.7. The molecule has 0 unspecified atom stereocenters. The molecule has 1 aliphatic carbocycles. The molecule has 0 bridgehead atoms. The number of pyridine rings is 1. The average molecular weight is 504 g/mol. The third-order valence-electron chi connectivity index (χ3n) is 8.38. The first-order valence-corrected chi connectivity index (χ1v) is 12.8. The number of hydrogen-bond acceptors (Lipinski definition) is 3. The Morgan fingerprint density at radius 2 is 1.86 bits per heavy atom. The lowest BCUT2D eigenvalue weighted by Crippen LogP contribution is -2.53. The molecule has 2 aromatic carbocycles. The van der Waals surface area contributed by atoms with Gasteiger partial charge in [-0.25, -0.2) is 8.78 Å². The fraction of sp³-hybridized carbons (Fsp3) is 0.367. The summed E-state index contributed by atoms with van der Waals surface area (Å²) in [6.07, 6.45) is 4.97. The standard InChI is InChI=1S/C30H31F2N3O2/c1-19-14-26(37-2)24(23-9-12-33-27(19)23)16-35-13-10-29(17-30(31,32)18-29)15-25(35)21-7-5-20(6-8-21)22-4-3-11-34-28(22)36/h3-9,11-12,14,25,33H,10,13,15-18H2,1-2H3,(H,34,36)/t25-/m0/s1. The number of aromatic amines is 2. The van der Waals surface area contributed by atoms with Crippen molar-refractivity contribution in [1.82, 2.24) is 14.9 Å². The smallest absolute Gasteiger partial charge is 0.255 e. The maximum atomic E-state index is 14.0. The predicted molar refractivity (Wildman–Crippen MR) is 141 cm³/mol. The monoisotopic (exact) mass is 503 g/mol. The Bertz CT molecular complexity index is 1500. The number of methoxy groups -OCH3 is 1. The van der Waals surface area contributed by atoms with Gasteiger partial charge in [-0.15, -0.1) is 0 Å². The van der Waals surface area contributed by atoms with Crippen molar-refractivity contribution in [2.45, 2.75) is 51.1 Å². The van der Waals surface area contributed by atoms with Crippen LogP contribution in [0.2, 0.25) is 0 Å². The molecular formula is C30H31F2N3O2. The fourth-order valence-corrected chi connectivity index (χ4v) is 6.58. The Morgan fingerprint density at radius 3 is 2.57 bits per heavy atom. The van der Waals surface area contributed by atoms with E-state index in [0.717, 1.165) is 51.9 Å². The van der Waals surface area contributed by atoms with Crippen molar-refractivity contribution in [1.29, 1.82) is 0 Å². The van der Waals surface area contributed by atoms with Crippen LogP contribution in [0.15, 0.2) is 65.7 Å². The van der Waals surface area contributed by atoms with E-state index >= 15 is 0 Å². The number of likely N-dealkylation sites (tertiary alicyclic amines) is 1. The number of fused-ring (bicyclic) bond motifs is 1. The van der Waals surface area contributed by atoms with E-state index in [1.54, 1.807) is 19.4 Å². The number of aryl methyl sites for hydroxylation is 1. The number of hydrogen-bond donors (Lipinski definition) is 2. The molecule has 192 valence electrons. The molecule has 0 amide bonds. The van der Waals surface area contributed by atoms with E-state index < -0.39 is 5.92 Å². The topological polar surface area (TPSA) is 61.1 Å². The van der Waals surface area contributed by atoms with Crippen molar-refractivity contribution in [2.24, 2.45) is 5.41 Å². The number of ether oxygens (including phenoxy) is 1. The molecule has 2 aliphatic rings. The first kappa shape index (κ1) is 23.9. The molecule has 4 aromatic rings. The molecule has 0 radical (unpaired) electrons. The van der Waals surface area contributed by atoms with Crippen molar-refractivity contribution in [3.05, 3.63) is 88.0 Å². The van der Waals surface area contributed by atoms with Gasteiger partial charge in [-0.1, -0.05) is 24.3 Å². The van der Waals surface area contributed by atoms with Gasteiger partial charge < -0.3 is 14.7 Å². The Hall–Kier alpha value is -3.45. The summed E-state index contributed by atoms with van der Waals surface area (Å²) in [5.41, 5.74) is 5.41. The molecule has 2 fully saturated rings. The molecular weight excluding hydrogens is 472 g/mol. The van der Waals surface area contributed by atoms with Crippen LogP contribution < -0.4 is 10.3 Å². The van der Waals surface area contributed by atoms with Gasteiger partial charge in [0.1, 0.15) is 5.75 Å². The summed E-state index contributed by atoms with van der Waals surface area (Å²) < 4.78 is 33.8. The van der Waals surface area contributed by atoms with Crippen molar-refractivity contribution in [3.63, 3.8) is 0 Å². The third kappa shape index (κ3) is 4.25. The number of nitrogens with one attached hydrogen (secondary N) is 2. The van der Waals surface area contributed by atoms with Gasteiger partial charge in [-0.05, 0) is 72.7 Å². The van der Waals surface area contributed by atoms with Gasteiger partial charge in [0.05, 0.1) is 7.11 Å². The number of nitrogens with zero attached hydrogens (tertiary/aromatic N) is 1. The second-order valence-corrected chi connectivity index (χ2v) is 10.8. The number of aromatic nitrogens is 2. The quantitative estimate of drug-likeness (QED) is 0.323. The summed E-state index contributed by atoms with van der Waals surface area (Å²) in [6, 6.07) is 15.8. The Morgan fingerprint density at radius 1 is 1.08 bits per heavy atom. The van der Waals surface area contributed by atoms with Crippen molar-refractivity contribution in [2.75, 3.05) is 13.7 Å². The number of piperidine rings is 1. The van der Waals surface area contributed by atoms with Gasteiger partial charge in [0.25, 0.3) is 5.56 Å². The average Bonchev–Trinajstić information content (AvgIpc) is 3.37. The number of H-pyrrole nitrogens is 2. The molecule has 6 rings (SSSR count). The number of halogens is 2. The molecule has 1 saturated heterocycles. The lowest BCUT2D eigenvalue weighted by atomic mass is 9.59. The van der Waals surface area contributed by atoms with Gasteiger partial charge in [0.2, 0.25) is 5.92 Å². The number of alkyl halides is 2. The molecule has 2 aromatic heterocycles.